The van der Waals surface area contributed by atoms with Gasteiger partial charge < -0.3 is 20.3 Å². The average molecular weight is 414 g/mol. The van der Waals surface area contributed by atoms with Crippen molar-refractivity contribution in [3.8, 4) is 0 Å². The van der Waals surface area contributed by atoms with Crippen molar-refractivity contribution in [3.05, 3.63) is 0 Å². The van der Waals surface area contributed by atoms with Gasteiger partial charge in [0.15, 0.2) is 5.96 Å². The van der Waals surface area contributed by atoms with Crippen molar-refractivity contribution < 1.29 is 4.74 Å². The third-order valence-electron chi connectivity index (χ3n) is 3.02. The van der Waals surface area contributed by atoms with Crippen LogP contribution in [0.25, 0.3) is 0 Å². The van der Waals surface area contributed by atoms with Crippen LogP contribution in [-0.4, -0.2) is 64.3 Å². The third-order valence-corrected chi connectivity index (χ3v) is 3.02. The van der Waals surface area contributed by atoms with Crippen LogP contribution in [0.4, 0.5) is 0 Å². The van der Waals surface area contributed by atoms with Gasteiger partial charge in [0.05, 0.1) is 6.61 Å². The number of nitrogens with one attached hydrogen (secondary N) is 2. The highest BCUT2D eigenvalue weighted by Gasteiger charge is 2.00. The van der Waals surface area contributed by atoms with E-state index in [2.05, 4.69) is 48.3 Å². The number of hydrogen-bond donors (Lipinski definition) is 2. The number of aliphatic imine (C=N–C) groups is 1. The minimum atomic E-state index is 0. The molecule has 0 radical (unpaired) electrons. The Hall–Kier alpha value is -0.0800. The molecule has 0 unspecified atom stereocenters. The maximum atomic E-state index is 5.07. The van der Waals surface area contributed by atoms with Gasteiger partial charge in [0, 0.05) is 39.8 Å². The summed E-state index contributed by atoms with van der Waals surface area (Å²) in [5.41, 5.74) is 0. The molecule has 0 aromatic carbocycles. The van der Waals surface area contributed by atoms with Crippen molar-refractivity contribution in [1.82, 2.24) is 15.5 Å². The molecule has 0 atom stereocenters. The topological polar surface area (TPSA) is 48.9 Å². The lowest BCUT2D eigenvalue weighted by molar-refractivity contribution is 0.162. The highest BCUT2D eigenvalue weighted by Crippen LogP contribution is 2.02. The zero-order chi connectivity index (χ0) is 15.2. The van der Waals surface area contributed by atoms with E-state index in [9.17, 15) is 0 Å². The zero-order valence-electron chi connectivity index (χ0n) is 14.4. The maximum Gasteiger partial charge on any atom is 0.191 e. The molecule has 21 heavy (non-hydrogen) atoms. The van der Waals surface area contributed by atoms with E-state index in [0.717, 1.165) is 57.6 Å². The monoisotopic (exact) mass is 414 g/mol. The molecule has 0 saturated heterocycles. The molecular weight excluding hydrogens is 379 g/mol. The number of hydrogen-bond acceptors (Lipinski definition) is 3. The summed E-state index contributed by atoms with van der Waals surface area (Å²) in [5, 5.41) is 6.66. The van der Waals surface area contributed by atoms with Gasteiger partial charge in [-0.15, -0.1) is 24.0 Å². The van der Waals surface area contributed by atoms with Crippen LogP contribution in [0, 0.1) is 5.92 Å². The molecule has 0 rings (SSSR count). The molecule has 0 amide bonds. The number of nitrogens with zero attached hydrogens (tertiary/aromatic N) is 2. The Labute approximate surface area is 148 Å². The van der Waals surface area contributed by atoms with Gasteiger partial charge in [-0.2, -0.15) is 0 Å². The summed E-state index contributed by atoms with van der Waals surface area (Å²) < 4.78 is 5.07. The molecule has 0 heterocycles. The van der Waals surface area contributed by atoms with Gasteiger partial charge >= 0.3 is 0 Å². The van der Waals surface area contributed by atoms with E-state index in [4.69, 9.17) is 4.74 Å². The minimum absolute atomic E-state index is 0. The van der Waals surface area contributed by atoms with E-state index in [1.54, 1.807) is 7.11 Å². The predicted octanol–water partition coefficient (Wildman–Crippen LogP) is 2.17. The maximum absolute atomic E-state index is 5.07. The highest BCUT2D eigenvalue weighted by molar-refractivity contribution is 14.0. The largest absolute Gasteiger partial charge is 0.383 e. The van der Waals surface area contributed by atoms with Crippen LogP contribution in [-0.2, 0) is 4.74 Å². The number of rotatable bonds is 11. The fourth-order valence-electron chi connectivity index (χ4n) is 1.76. The lowest BCUT2D eigenvalue weighted by Gasteiger charge is -2.17. The van der Waals surface area contributed by atoms with Crippen LogP contribution in [0.3, 0.4) is 0 Å². The lowest BCUT2D eigenvalue weighted by atomic mass is 10.1. The Kier molecular flexibility index (Phi) is 18.0. The van der Waals surface area contributed by atoms with Gasteiger partial charge in [-0.3, -0.25) is 4.99 Å². The molecule has 0 saturated carbocycles. The average Bonchev–Trinajstić information content (AvgIpc) is 2.41. The Morgan fingerprint density at radius 1 is 1.24 bits per heavy atom. The molecule has 128 valence electrons. The first kappa shape index (κ1) is 23.2. The fraction of sp³-hybridized carbons (Fsp3) is 0.933. The molecule has 0 aromatic heterocycles. The summed E-state index contributed by atoms with van der Waals surface area (Å²) in [6.45, 7) is 12.0. The number of halogens is 1. The molecule has 0 aromatic rings. The zero-order valence-corrected chi connectivity index (χ0v) is 16.8. The first-order valence-electron chi connectivity index (χ1n) is 7.79. The van der Waals surface area contributed by atoms with Crippen molar-refractivity contribution in [1.29, 1.82) is 0 Å². The molecular formula is C15H35IN4O. The first-order valence-corrected chi connectivity index (χ1v) is 7.79. The van der Waals surface area contributed by atoms with Crippen molar-refractivity contribution in [3.63, 3.8) is 0 Å². The minimum Gasteiger partial charge on any atom is -0.383 e. The molecule has 0 aliphatic heterocycles. The van der Waals surface area contributed by atoms with Crippen LogP contribution in [0.15, 0.2) is 4.99 Å². The number of guanidine groups is 1. The SMILES string of the molecule is CCNC(=NCCCC(C)C)NCCN(C)CCOC.I. The number of likely N-dealkylation sites (N-methyl/N-ethyl adjacent to an activating group) is 1. The van der Waals surface area contributed by atoms with Crippen LogP contribution in [0.2, 0.25) is 0 Å². The Morgan fingerprint density at radius 3 is 2.52 bits per heavy atom. The summed E-state index contributed by atoms with van der Waals surface area (Å²) in [5.74, 6) is 1.69. The number of ether oxygens (including phenoxy) is 1. The van der Waals surface area contributed by atoms with Crippen LogP contribution in [0.1, 0.15) is 33.6 Å². The Balaban J connectivity index is 0. The summed E-state index contributed by atoms with van der Waals surface area (Å²) in [6, 6.07) is 0. The molecule has 0 bridgehead atoms. The summed E-state index contributed by atoms with van der Waals surface area (Å²) >= 11 is 0. The van der Waals surface area contributed by atoms with Gasteiger partial charge in [-0.25, -0.2) is 0 Å². The Morgan fingerprint density at radius 2 is 1.95 bits per heavy atom. The van der Waals surface area contributed by atoms with E-state index in [1.165, 1.54) is 6.42 Å². The smallest absolute Gasteiger partial charge is 0.191 e. The van der Waals surface area contributed by atoms with Gasteiger partial charge in [0.25, 0.3) is 0 Å². The summed E-state index contributed by atoms with van der Waals surface area (Å²) in [4.78, 5) is 6.84. The Bertz CT molecular complexity index is 250. The molecule has 0 aliphatic carbocycles. The summed E-state index contributed by atoms with van der Waals surface area (Å²) in [7, 11) is 3.84. The molecule has 2 N–H and O–H groups in total. The lowest BCUT2D eigenvalue weighted by Crippen LogP contribution is -2.41. The van der Waals surface area contributed by atoms with Crippen molar-refractivity contribution >= 4 is 29.9 Å². The van der Waals surface area contributed by atoms with Gasteiger partial charge in [-0.05, 0) is 32.7 Å². The van der Waals surface area contributed by atoms with Gasteiger partial charge in [0.1, 0.15) is 0 Å². The summed E-state index contributed by atoms with van der Waals surface area (Å²) in [6.07, 6.45) is 2.39. The van der Waals surface area contributed by atoms with E-state index in [-0.39, 0.29) is 24.0 Å². The van der Waals surface area contributed by atoms with E-state index in [0.29, 0.717) is 0 Å². The van der Waals surface area contributed by atoms with Gasteiger partial charge in [0.2, 0.25) is 0 Å². The molecule has 6 heteroatoms. The second-order valence-electron chi connectivity index (χ2n) is 5.52. The molecule has 0 fully saturated rings. The second-order valence-corrected chi connectivity index (χ2v) is 5.52. The molecule has 5 nitrogen and oxygen atoms in total. The number of methoxy groups -OCH3 is 1. The third kappa shape index (κ3) is 16.1. The predicted molar refractivity (Wildman–Crippen MR) is 103 cm³/mol. The van der Waals surface area contributed by atoms with Gasteiger partial charge in [-0.1, -0.05) is 13.8 Å². The van der Waals surface area contributed by atoms with Crippen LogP contribution >= 0.6 is 24.0 Å². The van der Waals surface area contributed by atoms with E-state index < -0.39 is 0 Å². The standard InChI is InChI=1S/C15H34N4O.HI/c1-6-16-15(17-9-7-8-14(2)3)18-10-11-19(4)12-13-20-5;/h14H,6-13H2,1-5H3,(H2,16,17,18);1H. The second kappa shape index (κ2) is 16.3. The normalized spacial score (nSPS) is 11.7. The van der Waals surface area contributed by atoms with E-state index in [1.807, 2.05) is 0 Å². The van der Waals surface area contributed by atoms with Crippen molar-refractivity contribution in [2.45, 2.75) is 33.6 Å². The fourth-order valence-corrected chi connectivity index (χ4v) is 1.76. The molecule has 0 aliphatic rings. The van der Waals surface area contributed by atoms with E-state index >= 15 is 0 Å². The van der Waals surface area contributed by atoms with Crippen molar-refractivity contribution in [2.75, 3.05) is 53.5 Å². The highest BCUT2D eigenvalue weighted by atomic mass is 127. The van der Waals surface area contributed by atoms with Crippen LogP contribution in [0.5, 0.6) is 0 Å². The van der Waals surface area contributed by atoms with Crippen molar-refractivity contribution in [2.24, 2.45) is 10.9 Å². The first-order chi connectivity index (χ1) is 9.60. The molecule has 0 spiro atoms. The van der Waals surface area contributed by atoms with Crippen LogP contribution < -0.4 is 10.6 Å². The quantitative estimate of drug-likeness (QED) is 0.236.